The number of likely N-dealkylation sites (tertiary alicyclic amines) is 1. The Bertz CT molecular complexity index is 737. The zero-order chi connectivity index (χ0) is 19.6. The first-order chi connectivity index (χ1) is 12.8. The van der Waals surface area contributed by atoms with E-state index in [2.05, 4.69) is 10.6 Å². The van der Waals surface area contributed by atoms with Gasteiger partial charge in [-0.1, -0.05) is 13.8 Å². The van der Waals surface area contributed by atoms with E-state index in [1.165, 1.54) is 6.07 Å². The van der Waals surface area contributed by atoms with Crippen LogP contribution in [0.15, 0.2) is 18.2 Å². The summed E-state index contributed by atoms with van der Waals surface area (Å²) in [4.78, 5) is 37.1. The van der Waals surface area contributed by atoms with E-state index in [0.29, 0.717) is 24.3 Å². The number of piperidine rings is 1. The van der Waals surface area contributed by atoms with Gasteiger partial charge in [0.05, 0.1) is 4.92 Å². The molecule has 8 heteroatoms. The van der Waals surface area contributed by atoms with Crippen molar-refractivity contribution in [1.82, 2.24) is 10.2 Å². The van der Waals surface area contributed by atoms with E-state index in [9.17, 15) is 19.7 Å². The van der Waals surface area contributed by atoms with Gasteiger partial charge in [0.1, 0.15) is 5.69 Å². The molecular formula is C19H26N4O4. The molecule has 1 saturated heterocycles. The summed E-state index contributed by atoms with van der Waals surface area (Å²) in [6, 6.07) is 4.81. The molecule has 2 fully saturated rings. The third kappa shape index (κ3) is 4.75. The number of benzene rings is 1. The molecule has 1 aromatic rings. The molecule has 0 aromatic heterocycles. The molecule has 146 valence electrons. The van der Waals surface area contributed by atoms with Crippen molar-refractivity contribution in [2.45, 2.75) is 51.6 Å². The minimum Gasteiger partial charge on any atom is -0.377 e. The molecule has 0 unspecified atom stereocenters. The van der Waals surface area contributed by atoms with Gasteiger partial charge in [0.2, 0.25) is 5.91 Å². The van der Waals surface area contributed by atoms with Gasteiger partial charge in [-0.25, -0.2) is 0 Å². The first-order valence-corrected chi connectivity index (χ1v) is 9.49. The van der Waals surface area contributed by atoms with Gasteiger partial charge in [-0.05, 0) is 37.8 Å². The fraction of sp³-hybridized carbons (Fsp3) is 0.579. The van der Waals surface area contributed by atoms with Crippen molar-refractivity contribution in [3.05, 3.63) is 33.9 Å². The number of hydrogen-bond acceptors (Lipinski definition) is 5. The van der Waals surface area contributed by atoms with Crippen molar-refractivity contribution in [2.75, 3.05) is 18.4 Å². The van der Waals surface area contributed by atoms with Crippen molar-refractivity contribution < 1.29 is 14.5 Å². The third-order valence-corrected chi connectivity index (χ3v) is 5.03. The Morgan fingerprint density at radius 1 is 1.15 bits per heavy atom. The summed E-state index contributed by atoms with van der Waals surface area (Å²) in [7, 11) is 0. The highest BCUT2D eigenvalue weighted by Gasteiger charge is 2.27. The molecule has 0 spiro atoms. The van der Waals surface area contributed by atoms with Crippen LogP contribution in [0.4, 0.5) is 11.4 Å². The fourth-order valence-corrected chi connectivity index (χ4v) is 3.27. The van der Waals surface area contributed by atoms with Crippen LogP contribution in [0.25, 0.3) is 0 Å². The largest absolute Gasteiger partial charge is 0.377 e. The van der Waals surface area contributed by atoms with Crippen molar-refractivity contribution in [2.24, 2.45) is 5.92 Å². The number of carbonyl (C=O) groups is 2. The number of hydrogen-bond donors (Lipinski definition) is 2. The van der Waals surface area contributed by atoms with Gasteiger partial charge in [-0.2, -0.15) is 0 Å². The lowest BCUT2D eigenvalue weighted by atomic mass is 10.0. The van der Waals surface area contributed by atoms with E-state index in [1.54, 1.807) is 12.1 Å². The monoisotopic (exact) mass is 374 g/mol. The van der Waals surface area contributed by atoms with E-state index in [0.717, 1.165) is 25.7 Å². The summed E-state index contributed by atoms with van der Waals surface area (Å²) in [5.41, 5.74) is 0.618. The summed E-state index contributed by atoms with van der Waals surface area (Å²) in [5.74, 6) is -0.150. The van der Waals surface area contributed by atoms with Gasteiger partial charge in [0.15, 0.2) is 0 Å². The zero-order valence-corrected chi connectivity index (χ0v) is 15.7. The lowest BCUT2D eigenvalue weighted by molar-refractivity contribution is -0.384. The maximum Gasteiger partial charge on any atom is 0.293 e. The molecule has 1 heterocycles. The zero-order valence-electron chi connectivity index (χ0n) is 15.7. The molecule has 8 nitrogen and oxygen atoms in total. The molecule has 0 bridgehead atoms. The van der Waals surface area contributed by atoms with Crippen LogP contribution >= 0.6 is 0 Å². The topological polar surface area (TPSA) is 105 Å². The number of nitrogens with one attached hydrogen (secondary N) is 2. The quantitative estimate of drug-likeness (QED) is 0.588. The maximum atomic E-state index is 12.1. The van der Waals surface area contributed by atoms with Crippen LogP contribution in [-0.4, -0.2) is 46.8 Å². The maximum absolute atomic E-state index is 12.1. The van der Waals surface area contributed by atoms with E-state index in [4.69, 9.17) is 0 Å². The molecule has 2 amide bonds. The summed E-state index contributed by atoms with van der Waals surface area (Å²) in [6.07, 6.45) is 3.40. The lowest BCUT2D eigenvalue weighted by Gasteiger charge is -2.33. The van der Waals surface area contributed by atoms with Crippen LogP contribution in [0.5, 0.6) is 0 Å². The molecule has 1 saturated carbocycles. The smallest absolute Gasteiger partial charge is 0.293 e. The molecule has 0 radical (unpaired) electrons. The Labute approximate surface area is 158 Å². The standard InChI is InChI=1S/C19H26N4O4/c1-12(2)19(25)22-9-7-15(8-10-22)20-16-6-3-13(11-17(16)23(26)27)18(24)21-14-4-5-14/h3,6,11-12,14-15,20H,4-5,7-10H2,1-2H3,(H,21,24). The van der Waals surface area contributed by atoms with Crippen molar-refractivity contribution in [1.29, 1.82) is 0 Å². The minimum absolute atomic E-state index is 0.0232. The Hall–Kier alpha value is -2.64. The van der Waals surface area contributed by atoms with Gasteiger partial charge >= 0.3 is 0 Å². The molecule has 2 N–H and O–H groups in total. The van der Waals surface area contributed by atoms with E-state index in [1.807, 2.05) is 18.7 Å². The number of amides is 2. The second kappa shape index (κ2) is 7.94. The van der Waals surface area contributed by atoms with Crippen LogP contribution < -0.4 is 10.6 Å². The Kier molecular flexibility index (Phi) is 5.62. The molecule has 2 aliphatic rings. The van der Waals surface area contributed by atoms with Gasteiger partial charge in [-0.3, -0.25) is 19.7 Å². The molecule has 1 aliphatic heterocycles. The number of carbonyl (C=O) groups excluding carboxylic acids is 2. The molecule has 1 aliphatic carbocycles. The number of nitro benzene ring substituents is 1. The third-order valence-electron chi connectivity index (χ3n) is 5.03. The van der Waals surface area contributed by atoms with Crippen LogP contribution in [-0.2, 0) is 4.79 Å². The molecular weight excluding hydrogens is 348 g/mol. The SMILES string of the molecule is CC(C)C(=O)N1CCC(Nc2ccc(C(=O)NC3CC3)cc2[N+](=O)[O-])CC1. The van der Waals surface area contributed by atoms with Gasteiger partial charge in [-0.15, -0.1) is 0 Å². The molecule has 0 atom stereocenters. The Morgan fingerprint density at radius 2 is 1.81 bits per heavy atom. The predicted molar refractivity (Wildman–Crippen MR) is 102 cm³/mol. The highest BCUT2D eigenvalue weighted by Crippen LogP contribution is 2.29. The van der Waals surface area contributed by atoms with Crippen LogP contribution in [0.1, 0.15) is 49.9 Å². The Balaban J connectivity index is 1.65. The van der Waals surface area contributed by atoms with Gasteiger partial charge in [0.25, 0.3) is 11.6 Å². The first-order valence-electron chi connectivity index (χ1n) is 9.49. The second-order valence-corrected chi connectivity index (χ2v) is 7.64. The number of nitro groups is 1. The van der Waals surface area contributed by atoms with Gasteiger partial charge in [0, 0.05) is 42.7 Å². The summed E-state index contributed by atoms with van der Waals surface area (Å²) in [5, 5.41) is 17.5. The first kappa shape index (κ1) is 19.1. The van der Waals surface area contributed by atoms with Crippen LogP contribution in [0.2, 0.25) is 0 Å². The van der Waals surface area contributed by atoms with E-state index in [-0.39, 0.29) is 35.5 Å². The number of anilines is 1. The lowest BCUT2D eigenvalue weighted by Crippen LogP contribution is -2.44. The number of rotatable bonds is 6. The van der Waals surface area contributed by atoms with Gasteiger partial charge < -0.3 is 15.5 Å². The molecule has 3 rings (SSSR count). The Morgan fingerprint density at radius 3 is 2.37 bits per heavy atom. The van der Waals surface area contributed by atoms with E-state index >= 15 is 0 Å². The summed E-state index contributed by atoms with van der Waals surface area (Å²) >= 11 is 0. The van der Waals surface area contributed by atoms with Crippen molar-refractivity contribution in [3.8, 4) is 0 Å². The molecule has 1 aromatic carbocycles. The van der Waals surface area contributed by atoms with Crippen LogP contribution in [0, 0.1) is 16.0 Å². The normalized spacial score (nSPS) is 17.7. The fourth-order valence-electron chi connectivity index (χ4n) is 3.27. The predicted octanol–water partition coefficient (Wildman–Crippen LogP) is 2.55. The number of nitrogens with zero attached hydrogens (tertiary/aromatic N) is 2. The summed E-state index contributed by atoms with van der Waals surface area (Å²) in [6.45, 7) is 5.06. The average Bonchev–Trinajstić information content (AvgIpc) is 3.45. The second-order valence-electron chi connectivity index (χ2n) is 7.64. The van der Waals surface area contributed by atoms with Crippen molar-refractivity contribution >= 4 is 23.2 Å². The van der Waals surface area contributed by atoms with Crippen LogP contribution in [0.3, 0.4) is 0 Å². The van der Waals surface area contributed by atoms with E-state index < -0.39 is 4.92 Å². The highest BCUT2D eigenvalue weighted by molar-refractivity contribution is 5.96. The highest BCUT2D eigenvalue weighted by atomic mass is 16.6. The van der Waals surface area contributed by atoms with Crippen molar-refractivity contribution in [3.63, 3.8) is 0 Å². The average molecular weight is 374 g/mol. The minimum atomic E-state index is -0.465. The summed E-state index contributed by atoms with van der Waals surface area (Å²) < 4.78 is 0. The molecule has 27 heavy (non-hydrogen) atoms.